The predicted octanol–water partition coefficient (Wildman–Crippen LogP) is 3.03. The van der Waals surface area contributed by atoms with Crippen LogP contribution in [0.1, 0.15) is 30.1 Å². The number of anilines is 1. The fourth-order valence-electron chi connectivity index (χ4n) is 4.05. The van der Waals surface area contributed by atoms with Crippen molar-refractivity contribution in [1.29, 1.82) is 0 Å². The summed E-state index contributed by atoms with van der Waals surface area (Å²) >= 11 is 0. The Bertz CT molecular complexity index is 1070. The fraction of sp³-hybridized carbons (Fsp3) is 0.348. The highest BCUT2D eigenvalue weighted by Gasteiger charge is 2.24. The van der Waals surface area contributed by atoms with Gasteiger partial charge in [-0.05, 0) is 37.1 Å². The molecule has 3 aromatic rings. The summed E-state index contributed by atoms with van der Waals surface area (Å²) in [4.78, 5) is 20.9. The third kappa shape index (κ3) is 4.30. The number of rotatable bonds is 6. The number of nitrogens with zero attached hydrogens (tertiary/aromatic N) is 3. The molecule has 0 fully saturated rings. The molecule has 1 aliphatic heterocycles. The minimum atomic E-state index is 0.0615. The molecule has 30 heavy (non-hydrogen) atoms. The maximum Gasteiger partial charge on any atom is 0.225 e. The zero-order chi connectivity index (χ0) is 20.9. The number of para-hydroxylation sites is 3. The minimum Gasteiger partial charge on any atom is -0.356 e. The summed E-state index contributed by atoms with van der Waals surface area (Å²) in [7, 11) is 1.77. The van der Waals surface area contributed by atoms with Crippen LogP contribution in [0.2, 0.25) is 0 Å². The molecule has 3 N–H and O–H groups in total. The second-order valence-corrected chi connectivity index (χ2v) is 7.57. The smallest absolute Gasteiger partial charge is 0.225 e. The summed E-state index contributed by atoms with van der Waals surface area (Å²) in [6.45, 7) is 4.40. The molecule has 0 saturated carbocycles. The van der Waals surface area contributed by atoms with Crippen LogP contribution in [0.5, 0.6) is 0 Å². The quantitative estimate of drug-likeness (QED) is 0.335. The van der Waals surface area contributed by atoms with Crippen LogP contribution in [0.4, 0.5) is 5.69 Å². The van der Waals surface area contributed by atoms with E-state index in [2.05, 4.69) is 42.6 Å². The number of imidazole rings is 1. The highest BCUT2D eigenvalue weighted by Crippen LogP contribution is 2.31. The van der Waals surface area contributed by atoms with Crippen molar-refractivity contribution < 1.29 is 4.79 Å². The van der Waals surface area contributed by atoms with Crippen LogP contribution in [0, 0.1) is 6.92 Å². The van der Waals surface area contributed by atoms with E-state index in [0.29, 0.717) is 13.0 Å². The van der Waals surface area contributed by atoms with E-state index < -0.39 is 0 Å². The highest BCUT2D eigenvalue weighted by molar-refractivity contribution is 5.94. The van der Waals surface area contributed by atoms with Crippen molar-refractivity contribution in [2.75, 3.05) is 25.5 Å². The van der Waals surface area contributed by atoms with Gasteiger partial charge in [-0.15, -0.1) is 0 Å². The number of amides is 1. The Morgan fingerprint density at radius 2 is 2.00 bits per heavy atom. The third-order valence-corrected chi connectivity index (χ3v) is 5.54. The van der Waals surface area contributed by atoms with Crippen LogP contribution in [0.3, 0.4) is 0 Å². The summed E-state index contributed by atoms with van der Waals surface area (Å²) in [5.74, 6) is 1.98. The molecule has 1 aliphatic rings. The number of aromatic nitrogens is 2. The number of aliphatic imine (C=N–C) groups is 1. The summed E-state index contributed by atoms with van der Waals surface area (Å²) in [6.07, 6.45) is 1.44. The van der Waals surface area contributed by atoms with Gasteiger partial charge in [0.1, 0.15) is 5.82 Å². The second kappa shape index (κ2) is 8.98. The Hall–Kier alpha value is -3.35. The Morgan fingerprint density at radius 1 is 1.20 bits per heavy atom. The van der Waals surface area contributed by atoms with Gasteiger partial charge in [0.2, 0.25) is 5.91 Å². The molecule has 1 atom stereocenters. The Morgan fingerprint density at radius 3 is 2.87 bits per heavy atom. The second-order valence-electron chi connectivity index (χ2n) is 7.57. The molecule has 7 heteroatoms. The molecular weight excluding hydrogens is 376 g/mol. The topological polar surface area (TPSA) is 83.3 Å². The SMILES string of the molecule is CN=C(NCCCn1c(C)nc2ccccc21)NCC1CC(=O)Nc2ccccc21. The van der Waals surface area contributed by atoms with Gasteiger partial charge in [0.05, 0.1) is 11.0 Å². The number of nitrogens with one attached hydrogen (secondary N) is 3. The Balaban J connectivity index is 1.29. The number of guanidine groups is 1. The van der Waals surface area contributed by atoms with Gasteiger partial charge in [-0.3, -0.25) is 9.79 Å². The lowest BCUT2D eigenvalue weighted by atomic mass is 9.90. The van der Waals surface area contributed by atoms with E-state index in [4.69, 9.17) is 0 Å². The highest BCUT2D eigenvalue weighted by atomic mass is 16.1. The summed E-state index contributed by atoms with van der Waals surface area (Å²) in [5.41, 5.74) is 4.29. The van der Waals surface area contributed by atoms with Gasteiger partial charge in [-0.2, -0.15) is 0 Å². The maximum atomic E-state index is 12.0. The van der Waals surface area contributed by atoms with Crippen LogP contribution in [-0.4, -0.2) is 41.6 Å². The van der Waals surface area contributed by atoms with Crippen LogP contribution >= 0.6 is 0 Å². The molecular formula is C23H28N6O. The van der Waals surface area contributed by atoms with E-state index in [1.54, 1.807) is 7.05 Å². The number of benzene rings is 2. The van der Waals surface area contributed by atoms with Crippen LogP contribution < -0.4 is 16.0 Å². The zero-order valence-electron chi connectivity index (χ0n) is 17.5. The fourth-order valence-corrected chi connectivity index (χ4v) is 4.05. The molecule has 1 amide bonds. The first kappa shape index (κ1) is 19.9. The largest absolute Gasteiger partial charge is 0.356 e. The van der Waals surface area contributed by atoms with Gasteiger partial charge in [-0.25, -0.2) is 4.98 Å². The van der Waals surface area contributed by atoms with E-state index in [1.807, 2.05) is 43.3 Å². The first-order chi connectivity index (χ1) is 14.7. The van der Waals surface area contributed by atoms with E-state index in [1.165, 1.54) is 11.1 Å². The van der Waals surface area contributed by atoms with Gasteiger partial charge < -0.3 is 20.5 Å². The lowest BCUT2D eigenvalue weighted by molar-refractivity contribution is -0.116. The number of fused-ring (bicyclic) bond motifs is 2. The molecule has 7 nitrogen and oxygen atoms in total. The van der Waals surface area contributed by atoms with Gasteiger partial charge in [0.25, 0.3) is 0 Å². The van der Waals surface area contributed by atoms with E-state index in [-0.39, 0.29) is 11.8 Å². The first-order valence-corrected chi connectivity index (χ1v) is 10.4. The van der Waals surface area contributed by atoms with Gasteiger partial charge in [-0.1, -0.05) is 30.3 Å². The molecule has 2 heterocycles. The van der Waals surface area contributed by atoms with Crippen molar-refractivity contribution >= 4 is 28.6 Å². The number of aryl methyl sites for hydroxylation is 2. The van der Waals surface area contributed by atoms with Crippen LogP contribution in [0.25, 0.3) is 11.0 Å². The lowest BCUT2D eigenvalue weighted by Crippen LogP contribution is -2.41. The molecule has 1 aromatic heterocycles. The Kier molecular flexibility index (Phi) is 5.97. The van der Waals surface area contributed by atoms with Crippen molar-refractivity contribution in [3.8, 4) is 0 Å². The molecule has 2 aromatic carbocycles. The minimum absolute atomic E-state index is 0.0615. The van der Waals surface area contributed by atoms with Gasteiger partial charge in [0, 0.05) is 44.7 Å². The van der Waals surface area contributed by atoms with Crippen molar-refractivity contribution in [1.82, 2.24) is 20.2 Å². The first-order valence-electron chi connectivity index (χ1n) is 10.4. The van der Waals surface area contributed by atoms with Gasteiger partial charge >= 0.3 is 0 Å². The average molecular weight is 405 g/mol. The van der Waals surface area contributed by atoms with Crippen molar-refractivity contribution in [2.24, 2.45) is 4.99 Å². The molecule has 0 bridgehead atoms. The lowest BCUT2D eigenvalue weighted by Gasteiger charge is -2.26. The van der Waals surface area contributed by atoms with Crippen LogP contribution in [-0.2, 0) is 11.3 Å². The molecule has 156 valence electrons. The number of carbonyl (C=O) groups is 1. The third-order valence-electron chi connectivity index (χ3n) is 5.54. The van der Waals surface area contributed by atoms with Crippen LogP contribution in [0.15, 0.2) is 53.5 Å². The number of carbonyl (C=O) groups excluding carboxylic acids is 1. The summed E-state index contributed by atoms with van der Waals surface area (Å²) in [6, 6.07) is 16.2. The maximum absolute atomic E-state index is 12.0. The molecule has 4 rings (SSSR count). The van der Waals surface area contributed by atoms with E-state index >= 15 is 0 Å². The predicted molar refractivity (Wildman–Crippen MR) is 121 cm³/mol. The van der Waals surface area contributed by atoms with Crippen molar-refractivity contribution in [3.05, 3.63) is 59.9 Å². The molecule has 0 saturated heterocycles. The van der Waals surface area contributed by atoms with E-state index in [0.717, 1.165) is 42.5 Å². The molecule has 1 unspecified atom stereocenters. The van der Waals surface area contributed by atoms with Gasteiger partial charge in [0.15, 0.2) is 5.96 Å². The summed E-state index contributed by atoms with van der Waals surface area (Å²) < 4.78 is 2.25. The average Bonchev–Trinajstić information content (AvgIpc) is 3.08. The number of hydrogen-bond donors (Lipinski definition) is 3. The van der Waals surface area contributed by atoms with Crippen molar-refractivity contribution in [3.63, 3.8) is 0 Å². The van der Waals surface area contributed by atoms with Crippen molar-refractivity contribution in [2.45, 2.75) is 32.2 Å². The molecule has 0 radical (unpaired) electrons. The van der Waals surface area contributed by atoms with E-state index in [9.17, 15) is 4.79 Å². The molecule has 0 spiro atoms. The summed E-state index contributed by atoms with van der Waals surface area (Å²) in [5, 5.41) is 9.70. The standard InChI is InChI=1S/C23H28N6O/c1-16-27-20-10-5-6-11-21(20)29(16)13-7-12-25-23(24-2)26-15-17-14-22(30)28-19-9-4-3-8-18(17)19/h3-6,8-11,17H,7,12-15H2,1-2H3,(H,28,30)(H2,24,25,26). The monoisotopic (exact) mass is 404 g/mol. The number of hydrogen-bond acceptors (Lipinski definition) is 3. The Labute approximate surface area is 176 Å². The normalized spacial score (nSPS) is 16.3. The zero-order valence-corrected chi connectivity index (χ0v) is 17.5. The molecule has 0 aliphatic carbocycles.